The molecule has 0 spiro atoms. The summed E-state index contributed by atoms with van der Waals surface area (Å²) in [6.45, 7) is 0. The summed E-state index contributed by atoms with van der Waals surface area (Å²) in [7, 11) is 7.61. The molecule has 222 valence electrons. The molecule has 0 fully saturated rings. The van der Waals surface area contributed by atoms with Gasteiger partial charge < -0.3 is 0 Å². The molecule has 0 radical (unpaired) electrons. The fourth-order valence-electron chi connectivity index (χ4n) is 4.43. The van der Waals surface area contributed by atoms with Crippen LogP contribution < -0.4 is 10.6 Å². The molecular formula is C30H38N8O2S2. The standard InChI is InChI=1S/C30H38N8O2S2/c1-37(2)23(19-21-13-7-5-8-14-21)27(39)31-29-35-33-25(41-29)17-11-12-18-26-34-36-30(42-26)32-28(40)24(38(3)4)20-22-15-9-6-10-16-22/h5-10,13-16,23-24H,11-12,17-20H2,1-4H3,(H,31,35,39)(H,32,36,40)/t23-,24-/m1/s1. The Morgan fingerprint density at radius 1 is 0.643 bits per heavy atom. The number of benzene rings is 2. The van der Waals surface area contributed by atoms with E-state index in [2.05, 4.69) is 31.0 Å². The second-order valence-corrected chi connectivity index (χ2v) is 12.6. The number of nitrogens with zero attached hydrogens (tertiary/aromatic N) is 6. The van der Waals surface area contributed by atoms with Gasteiger partial charge in [-0.3, -0.25) is 30.0 Å². The summed E-state index contributed by atoms with van der Waals surface area (Å²) in [6, 6.07) is 19.4. The molecule has 0 aliphatic carbocycles. The first kappa shape index (κ1) is 31.4. The van der Waals surface area contributed by atoms with Crippen LogP contribution in [0.4, 0.5) is 10.3 Å². The number of anilines is 2. The van der Waals surface area contributed by atoms with Gasteiger partial charge in [0.15, 0.2) is 0 Å². The van der Waals surface area contributed by atoms with Crippen LogP contribution in [0.1, 0.15) is 34.0 Å². The highest BCUT2D eigenvalue weighted by Crippen LogP contribution is 2.21. The quantitative estimate of drug-likeness (QED) is 0.194. The van der Waals surface area contributed by atoms with Crippen molar-refractivity contribution < 1.29 is 9.59 Å². The molecule has 0 bridgehead atoms. The van der Waals surface area contributed by atoms with Gasteiger partial charge in [0.2, 0.25) is 22.1 Å². The van der Waals surface area contributed by atoms with E-state index in [1.807, 2.05) is 98.7 Å². The molecule has 0 aliphatic rings. The van der Waals surface area contributed by atoms with Crippen molar-refractivity contribution in [1.82, 2.24) is 30.2 Å². The monoisotopic (exact) mass is 606 g/mol. The second-order valence-electron chi connectivity index (χ2n) is 10.5. The predicted molar refractivity (Wildman–Crippen MR) is 169 cm³/mol. The average molecular weight is 607 g/mol. The Labute approximate surface area is 255 Å². The first-order valence-electron chi connectivity index (χ1n) is 14.0. The van der Waals surface area contributed by atoms with E-state index in [4.69, 9.17) is 0 Å². The Bertz CT molecular complexity index is 1300. The maximum absolute atomic E-state index is 13.0. The van der Waals surface area contributed by atoms with Gasteiger partial charge in [-0.05, 0) is 65.0 Å². The molecule has 0 unspecified atom stereocenters. The van der Waals surface area contributed by atoms with Gasteiger partial charge in [-0.2, -0.15) is 0 Å². The number of carbonyl (C=O) groups is 2. The molecule has 2 atom stereocenters. The van der Waals surface area contributed by atoms with E-state index in [0.717, 1.165) is 46.8 Å². The fraction of sp³-hybridized carbons (Fsp3) is 0.400. The Hall–Kier alpha value is -3.58. The lowest BCUT2D eigenvalue weighted by molar-refractivity contribution is -0.121. The molecule has 12 heteroatoms. The third kappa shape index (κ3) is 9.48. The third-order valence-electron chi connectivity index (χ3n) is 6.82. The van der Waals surface area contributed by atoms with Crippen molar-refractivity contribution in [3.8, 4) is 0 Å². The van der Waals surface area contributed by atoms with E-state index in [1.54, 1.807) is 0 Å². The normalized spacial score (nSPS) is 12.8. The van der Waals surface area contributed by atoms with Gasteiger partial charge in [0, 0.05) is 12.8 Å². The van der Waals surface area contributed by atoms with Gasteiger partial charge in [-0.1, -0.05) is 83.3 Å². The maximum atomic E-state index is 13.0. The highest BCUT2D eigenvalue weighted by atomic mass is 32.1. The van der Waals surface area contributed by atoms with Crippen molar-refractivity contribution in [1.29, 1.82) is 0 Å². The lowest BCUT2D eigenvalue weighted by Gasteiger charge is -2.22. The van der Waals surface area contributed by atoms with E-state index in [-0.39, 0.29) is 23.9 Å². The van der Waals surface area contributed by atoms with Gasteiger partial charge in [-0.15, -0.1) is 20.4 Å². The Kier molecular flexibility index (Phi) is 11.6. The number of aryl methyl sites for hydroxylation is 2. The number of hydrogen-bond donors (Lipinski definition) is 2. The molecule has 2 N–H and O–H groups in total. The minimum Gasteiger partial charge on any atom is -0.299 e. The lowest BCUT2D eigenvalue weighted by Crippen LogP contribution is -2.41. The topological polar surface area (TPSA) is 116 Å². The van der Waals surface area contributed by atoms with Crippen molar-refractivity contribution in [2.24, 2.45) is 0 Å². The Morgan fingerprint density at radius 2 is 1.02 bits per heavy atom. The lowest BCUT2D eigenvalue weighted by atomic mass is 10.0. The van der Waals surface area contributed by atoms with E-state index >= 15 is 0 Å². The van der Waals surface area contributed by atoms with Crippen LogP contribution >= 0.6 is 22.7 Å². The van der Waals surface area contributed by atoms with Crippen molar-refractivity contribution in [2.75, 3.05) is 38.8 Å². The van der Waals surface area contributed by atoms with Crippen LogP contribution in [-0.2, 0) is 35.3 Å². The second kappa shape index (κ2) is 15.6. The minimum atomic E-state index is -0.307. The van der Waals surface area contributed by atoms with Crippen LogP contribution in [0, 0.1) is 0 Å². The summed E-state index contributed by atoms with van der Waals surface area (Å²) in [5, 5.41) is 25.6. The van der Waals surface area contributed by atoms with E-state index < -0.39 is 0 Å². The zero-order chi connectivity index (χ0) is 29.9. The van der Waals surface area contributed by atoms with Gasteiger partial charge in [-0.25, -0.2) is 0 Å². The number of amides is 2. The molecular weight excluding hydrogens is 569 g/mol. The van der Waals surface area contributed by atoms with Crippen LogP contribution in [0.5, 0.6) is 0 Å². The van der Waals surface area contributed by atoms with E-state index in [1.165, 1.54) is 22.7 Å². The first-order valence-corrected chi connectivity index (χ1v) is 15.6. The van der Waals surface area contributed by atoms with Gasteiger partial charge in [0.05, 0.1) is 12.1 Å². The summed E-state index contributed by atoms with van der Waals surface area (Å²) in [6.07, 6.45) is 4.57. The highest BCUT2D eigenvalue weighted by molar-refractivity contribution is 7.15. The van der Waals surface area contributed by atoms with E-state index in [9.17, 15) is 9.59 Å². The van der Waals surface area contributed by atoms with Gasteiger partial charge in [0.1, 0.15) is 10.0 Å². The van der Waals surface area contributed by atoms with Crippen LogP contribution in [-0.4, -0.2) is 82.3 Å². The molecule has 2 aromatic heterocycles. The highest BCUT2D eigenvalue weighted by Gasteiger charge is 2.24. The molecule has 42 heavy (non-hydrogen) atoms. The fourth-order valence-corrected chi connectivity index (χ4v) is 6.00. The third-order valence-corrected chi connectivity index (χ3v) is 8.62. The maximum Gasteiger partial charge on any atom is 0.243 e. The molecule has 4 rings (SSSR count). The molecule has 0 saturated heterocycles. The van der Waals surface area contributed by atoms with Gasteiger partial charge in [0.25, 0.3) is 0 Å². The van der Waals surface area contributed by atoms with Crippen LogP contribution in [0.3, 0.4) is 0 Å². The molecule has 0 saturated carbocycles. The molecule has 2 aromatic carbocycles. The minimum absolute atomic E-state index is 0.0947. The molecule has 2 heterocycles. The van der Waals surface area contributed by atoms with Crippen LogP contribution in [0.15, 0.2) is 60.7 Å². The first-order chi connectivity index (χ1) is 20.3. The molecule has 10 nitrogen and oxygen atoms in total. The van der Waals surface area contributed by atoms with Crippen molar-refractivity contribution in [2.45, 2.75) is 50.6 Å². The van der Waals surface area contributed by atoms with Crippen molar-refractivity contribution in [3.63, 3.8) is 0 Å². The zero-order valence-corrected chi connectivity index (χ0v) is 26.1. The number of likely N-dealkylation sites (N-methyl/N-ethyl adjacent to an activating group) is 2. The number of aromatic nitrogens is 4. The summed E-state index contributed by atoms with van der Waals surface area (Å²) < 4.78 is 0. The largest absolute Gasteiger partial charge is 0.299 e. The molecule has 2 amide bonds. The summed E-state index contributed by atoms with van der Waals surface area (Å²) in [5.41, 5.74) is 2.21. The van der Waals surface area contributed by atoms with Crippen molar-refractivity contribution in [3.05, 3.63) is 81.8 Å². The summed E-state index contributed by atoms with van der Waals surface area (Å²) in [4.78, 5) is 29.7. The average Bonchev–Trinajstić information content (AvgIpc) is 3.62. The zero-order valence-electron chi connectivity index (χ0n) is 24.5. The summed E-state index contributed by atoms with van der Waals surface area (Å²) in [5.74, 6) is -0.189. The van der Waals surface area contributed by atoms with E-state index in [0.29, 0.717) is 23.1 Å². The Morgan fingerprint density at radius 3 is 1.38 bits per heavy atom. The number of nitrogens with one attached hydrogen (secondary N) is 2. The van der Waals surface area contributed by atoms with Crippen LogP contribution in [0.25, 0.3) is 0 Å². The summed E-state index contributed by atoms with van der Waals surface area (Å²) >= 11 is 2.82. The predicted octanol–water partition coefficient (Wildman–Crippen LogP) is 4.18. The number of rotatable bonds is 15. The number of unbranched alkanes of at least 4 members (excludes halogenated alkanes) is 1. The van der Waals surface area contributed by atoms with Gasteiger partial charge >= 0.3 is 0 Å². The molecule has 4 aromatic rings. The van der Waals surface area contributed by atoms with Crippen LogP contribution in [0.2, 0.25) is 0 Å². The SMILES string of the molecule is CN(C)[C@H](Cc1ccccc1)C(=O)Nc1nnc(CCCCc2nnc(NC(=O)[C@@H](Cc3ccccc3)N(C)C)s2)s1. The number of carbonyl (C=O) groups excluding carboxylic acids is 2. The Balaban J connectivity index is 1.20. The smallest absolute Gasteiger partial charge is 0.243 e. The van der Waals surface area contributed by atoms with Crippen molar-refractivity contribution >= 4 is 44.8 Å². The number of hydrogen-bond acceptors (Lipinski definition) is 10. The molecule has 0 aliphatic heterocycles.